The molecule has 0 atom stereocenters. The van der Waals surface area contributed by atoms with Gasteiger partial charge in [0.2, 0.25) is 0 Å². The molecule has 0 fully saturated rings. The van der Waals surface area contributed by atoms with Gasteiger partial charge in [0.25, 0.3) is 0 Å². The molecular formula is C8H20O2SSi. The van der Waals surface area contributed by atoms with Gasteiger partial charge >= 0.3 is 9.28 Å². The lowest BCUT2D eigenvalue weighted by Gasteiger charge is -2.09. The van der Waals surface area contributed by atoms with Gasteiger partial charge in [0.1, 0.15) is 0 Å². The highest BCUT2D eigenvalue weighted by Crippen LogP contribution is 2.08. The van der Waals surface area contributed by atoms with E-state index in [1.54, 1.807) is 14.2 Å². The Morgan fingerprint density at radius 3 is 2.33 bits per heavy atom. The van der Waals surface area contributed by atoms with Crippen molar-refractivity contribution in [1.29, 1.82) is 0 Å². The summed E-state index contributed by atoms with van der Waals surface area (Å²) in [5.41, 5.74) is 0. The van der Waals surface area contributed by atoms with Crippen LogP contribution in [0.4, 0.5) is 0 Å². The lowest BCUT2D eigenvalue weighted by atomic mass is 10.4. The molecule has 0 aliphatic rings. The molecule has 0 aromatic rings. The number of hydrogen-bond donors (Lipinski definition) is 0. The first kappa shape index (κ1) is 12.5. The fourth-order valence-corrected chi connectivity index (χ4v) is 3.66. The van der Waals surface area contributed by atoms with E-state index >= 15 is 0 Å². The monoisotopic (exact) mass is 208 g/mol. The predicted molar refractivity (Wildman–Crippen MR) is 58.2 cm³/mol. The number of rotatable bonds is 8. The van der Waals surface area contributed by atoms with Gasteiger partial charge in [-0.1, -0.05) is 13.3 Å². The maximum Gasteiger partial charge on any atom is 0.321 e. The first-order chi connectivity index (χ1) is 5.85. The minimum absolute atomic E-state index is 1.13. The minimum atomic E-state index is -1.26. The van der Waals surface area contributed by atoms with Gasteiger partial charge in [-0.05, 0) is 24.0 Å². The van der Waals surface area contributed by atoms with Crippen LogP contribution in [0.1, 0.15) is 19.8 Å². The fourth-order valence-electron chi connectivity index (χ4n) is 0.860. The standard InChI is InChI=1S/C8H20O2SSi/c1-4-5-6-11-7-8-12(9-2)10-3/h12H,4-8H2,1-3H3. The van der Waals surface area contributed by atoms with Crippen LogP contribution in [0.15, 0.2) is 0 Å². The topological polar surface area (TPSA) is 18.5 Å². The van der Waals surface area contributed by atoms with Crippen molar-refractivity contribution in [2.24, 2.45) is 0 Å². The molecule has 0 saturated carbocycles. The maximum atomic E-state index is 5.21. The van der Waals surface area contributed by atoms with E-state index in [0.29, 0.717) is 0 Å². The lowest BCUT2D eigenvalue weighted by molar-refractivity contribution is 0.279. The number of thioether (sulfide) groups is 1. The lowest BCUT2D eigenvalue weighted by Crippen LogP contribution is -2.19. The second-order valence-electron chi connectivity index (χ2n) is 2.66. The summed E-state index contributed by atoms with van der Waals surface area (Å²) in [6.45, 7) is 2.22. The van der Waals surface area contributed by atoms with Crippen LogP contribution >= 0.6 is 11.8 Å². The van der Waals surface area contributed by atoms with E-state index in [0.717, 1.165) is 6.04 Å². The highest BCUT2D eigenvalue weighted by Gasteiger charge is 2.07. The number of unbranched alkanes of at least 4 members (excludes halogenated alkanes) is 1. The van der Waals surface area contributed by atoms with Crippen molar-refractivity contribution in [3.8, 4) is 0 Å². The van der Waals surface area contributed by atoms with E-state index in [-0.39, 0.29) is 0 Å². The van der Waals surface area contributed by atoms with Gasteiger partial charge in [0.15, 0.2) is 0 Å². The fraction of sp³-hybridized carbons (Fsp3) is 1.00. The number of hydrogen-bond acceptors (Lipinski definition) is 3. The smallest absolute Gasteiger partial charge is 0.321 e. The molecule has 0 N–H and O–H groups in total. The molecule has 0 aromatic carbocycles. The van der Waals surface area contributed by atoms with Crippen molar-refractivity contribution in [2.75, 3.05) is 25.7 Å². The van der Waals surface area contributed by atoms with Gasteiger partial charge in [-0.2, -0.15) is 11.8 Å². The molecule has 0 radical (unpaired) electrons. The normalized spacial score (nSPS) is 11.0. The van der Waals surface area contributed by atoms with Crippen molar-refractivity contribution >= 4 is 21.0 Å². The van der Waals surface area contributed by atoms with Crippen LogP contribution < -0.4 is 0 Å². The van der Waals surface area contributed by atoms with E-state index in [2.05, 4.69) is 6.92 Å². The summed E-state index contributed by atoms with van der Waals surface area (Å²) in [4.78, 5) is 0. The molecule has 0 bridgehead atoms. The summed E-state index contributed by atoms with van der Waals surface area (Å²) in [6.07, 6.45) is 2.62. The van der Waals surface area contributed by atoms with Crippen LogP contribution in [0.3, 0.4) is 0 Å². The Labute approximate surface area is 81.9 Å². The van der Waals surface area contributed by atoms with Crippen molar-refractivity contribution in [2.45, 2.75) is 25.8 Å². The van der Waals surface area contributed by atoms with Crippen LogP contribution in [0, 0.1) is 0 Å². The maximum absolute atomic E-state index is 5.21. The molecule has 0 rings (SSSR count). The van der Waals surface area contributed by atoms with Crippen molar-refractivity contribution in [1.82, 2.24) is 0 Å². The quantitative estimate of drug-likeness (QED) is 0.449. The molecule has 0 unspecified atom stereocenters. The zero-order valence-electron chi connectivity index (χ0n) is 8.34. The average Bonchev–Trinajstić information content (AvgIpc) is 2.11. The van der Waals surface area contributed by atoms with Crippen LogP contribution in [0.2, 0.25) is 6.04 Å². The third-order valence-electron chi connectivity index (χ3n) is 1.67. The largest absolute Gasteiger partial charge is 0.400 e. The summed E-state index contributed by atoms with van der Waals surface area (Å²) in [5, 5.41) is 0. The Balaban J connectivity index is 3.06. The summed E-state index contributed by atoms with van der Waals surface area (Å²) in [7, 11) is 2.23. The van der Waals surface area contributed by atoms with E-state index in [4.69, 9.17) is 8.85 Å². The van der Waals surface area contributed by atoms with Crippen LogP contribution in [0.25, 0.3) is 0 Å². The second kappa shape index (κ2) is 9.57. The Hall–Kier alpha value is 0.487. The third kappa shape index (κ3) is 7.15. The Morgan fingerprint density at radius 2 is 1.83 bits per heavy atom. The van der Waals surface area contributed by atoms with Gasteiger partial charge in [-0.25, -0.2) is 0 Å². The molecule has 0 spiro atoms. The Kier molecular flexibility index (Phi) is 9.96. The molecule has 0 amide bonds. The molecule has 2 nitrogen and oxygen atoms in total. The molecule has 0 saturated heterocycles. The summed E-state index contributed by atoms with van der Waals surface area (Å²) in [5.74, 6) is 2.48. The Morgan fingerprint density at radius 1 is 1.17 bits per heavy atom. The molecule has 0 aliphatic carbocycles. The zero-order chi connectivity index (χ0) is 9.23. The van der Waals surface area contributed by atoms with Gasteiger partial charge in [0, 0.05) is 14.2 Å². The van der Waals surface area contributed by atoms with Crippen LogP contribution in [-0.2, 0) is 8.85 Å². The van der Waals surface area contributed by atoms with E-state index in [1.165, 1.54) is 24.3 Å². The highest BCUT2D eigenvalue weighted by molar-refractivity contribution is 7.99. The summed E-state index contributed by atoms with van der Waals surface area (Å²) < 4.78 is 10.4. The highest BCUT2D eigenvalue weighted by atomic mass is 32.2. The minimum Gasteiger partial charge on any atom is -0.400 e. The van der Waals surface area contributed by atoms with Gasteiger partial charge < -0.3 is 8.85 Å². The molecule has 4 heteroatoms. The Bertz CT molecular complexity index is 89.1. The third-order valence-corrected chi connectivity index (χ3v) is 5.00. The average molecular weight is 208 g/mol. The van der Waals surface area contributed by atoms with Crippen molar-refractivity contribution < 1.29 is 8.85 Å². The van der Waals surface area contributed by atoms with Gasteiger partial charge in [0.05, 0.1) is 0 Å². The molecule has 0 heterocycles. The molecule has 12 heavy (non-hydrogen) atoms. The van der Waals surface area contributed by atoms with E-state index < -0.39 is 9.28 Å². The zero-order valence-corrected chi connectivity index (χ0v) is 10.3. The SMILES string of the molecule is CCCCSCC[SiH](OC)OC. The predicted octanol–water partition coefficient (Wildman–Crippen LogP) is 2.03. The molecule has 74 valence electrons. The van der Waals surface area contributed by atoms with Crippen LogP contribution in [-0.4, -0.2) is 35.0 Å². The summed E-state index contributed by atoms with van der Waals surface area (Å²) in [6, 6.07) is 1.13. The van der Waals surface area contributed by atoms with Gasteiger partial charge in [-0.3, -0.25) is 0 Å². The van der Waals surface area contributed by atoms with Crippen LogP contribution in [0.5, 0.6) is 0 Å². The first-order valence-corrected chi connectivity index (χ1v) is 7.39. The van der Waals surface area contributed by atoms with E-state index in [1.807, 2.05) is 11.8 Å². The second-order valence-corrected chi connectivity index (χ2v) is 6.26. The first-order valence-electron chi connectivity index (χ1n) is 4.48. The van der Waals surface area contributed by atoms with Crippen molar-refractivity contribution in [3.63, 3.8) is 0 Å². The molecule has 0 aromatic heterocycles. The van der Waals surface area contributed by atoms with Crippen molar-refractivity contribution in [3.05, 3.63) is 0 Å². The summed E-state index contributed by atoms with van der Waals surface area (Å²) >= 11 is 2.01. The van der Waals surface area contributed by atoms with Gasteiger partial charge in [-0.15, -0.1) is 0 Å². The molecular weight excluding hydrogens is 188 g/mol. The molecule has 0 aliphatic heterocycles. The van der Waals surface area contributed by atoms with E-state index in [9.17, 15) is 0 Å².